The first kappa shape index (κ1) is 10.9. The first-order chi connectivity index (χ1) is 6.06. The molecule has 0 aromatic carbocycles. The van der Waals surface area contributed by atoms with E-state index in [0.717, 1.165) is 0 Å². The predicted molar refractivity (Wildman–Crippen MR) is 47.2 cm³/mol. The average Bonchev–Trinajstić information content (AvgIpc) is 2.09. The van der Waals surface area contributed by atoms with Crippen molar-refractivity contribution in [2.75, 3.05) is 6.61 Å². The Labute approximate surface area is 78.1 Å². The van der Waals surface area contributed by atoms with Crippen LogP contribution in [-0.2, 0) is 4.74 Å². The lowest BCUT2D eigenvalue weighted by molar-refractivity contribution is -0.189. The average molecular weight is 190 g/mol. The lowest BCUT2D eigenvalue weighted by atomic mass is 9.91. The van der Waals surface area contributed by atoms with Gasteiger partial charge in [0.15, 0.2) is 0 Å². The molecule has 0 amide bonds. The zero-order chi connectivity index (χ0) is 10.0. The monoisotopic (exact) mass is 190 g/mol. The zero-order valence-corrected chi connectivity index (χ0v) is 8.05. The van der Waals surface area contributed by atoms with Crippen molar-refractivity contribution in [3.63, 3.8) is 0 Å². The lowest BCUT2D eigenvalue weighted by Crippen LogP contribution is -2.51. The second-order valence-corrected chi connectivity index (χ2v) is 3.94. The lowest BCUT2D eigenvalue weighted by Gasteiger charge is -2.38. The molecule has 1 aliphatic heterocycles. The third kappa shape index (κ3) is 2.40. The highest BCUT2D eigenvalue weighted by molar-refractivity contribution is 4.86. The molecule has 1 heterocycles. The van der Waals surface area contributed by atoms with Crippen LogP contribution in [-0.4, -0.2) is 46.3 Å². The molecule has 13 heavy (non-hydrogen) atoms. The van der Waals surface area contributed by atoms with E-state index in [1.54, 1.807) is 0 Å². The predicted octanol–water partition coefficient (Wildman–Crippen LogP) is -0.486. The molecule has 0 bridgehead atoms. The zero-order valence-electron chi connectivity index (χ0n) is 8.05. The van der Waals surface area contributed by atoms with Gasteiger partial charge in [0.1, 0.15) is 6.10 Å². The van der Waals surface area contributed by atoms with Gasteiger partial charge in [-0.25, -0.2) is 0 Å². The van der Waals surface area contributed by atoms with Crippen molar-refractivity contribution < 1.29 is 20.1 Å². The molecule has 0 aromatic rings. The Bertz CT molecular complexity index is 160. The van der Waals surface area contributed by atoms with Gasteiger partial charge in [-0.15, -0.1) is 0 Å². The number of hydrogen-bond acceptors (Lipinski definition) is 4. The van der Waals surface area contributed by atoms with Crippen molar-refractivity contribution in [1.82, 2.24) is 0 Å². The Hall–Kier alpha value is -0.160. The van der Waals surface area contributed by atoms with Gasteiger partial charge < -0.3 is 20.1 Å². The summed E-state index contributed by atoms with van der Waals surface area (Å²) in [7, 11) is 0. The van der Waals surface area contributed by atoms with E-state index in [1.165, 1.54) is 0 Å². The van der Waals surface area contributed by atoms with Crippen LogP contribution >= 0.6 is 0 Å². The fourth-order valence-corrected chi connectivity index (χ4v) is 1.66. The molecule has 4 atom stereocenters. The molecule has 3 N–H and O–H groups in total. The molecular formula is C9H18O4. The molecule has 4 heteroatoms. The van der Waals surface area contributed by atoms with Gasteiger partial charge in [0.05, 0.1) is 24.9 Å². The van der Waals surface area contributed by atoms with Gasteiger partial charge in [0.2, 0.25) is 0 Å². The van der Waals surface area contributed by atoms with E-state index >= 15 is 0 Å². The van der Waals surface area contributed by atoms with Crippen LogP contribution in [0.5, 0.6) is 0 Å². The van der Waals surface area contributed by atoms with Crippen LogP contribution in [0.15, 0.2) is 0 Å². The fourth-order valence-electron chi connectivity index (χ4n) is 1.66. The van der Waals surface area contributed by atoms with E-state index in [2.05, 4.69) is 0 Å². The van der Waals surface area contributed by atoms with Crippen molar-refractivity contribution in [2.45, 2.75) is 44.7 Å². The quantitative estimate of drug-likeness (QED) is 0.550. The largest absolute Gasteiger partial charge is 0.394 e. The van der Waals surface area contributed by atoms with E-state index < -0.39 is 12.2 Å². The second-order valence-electron chi connectivity index (χ2n) is 3.94. The van der Waals surface area contributed by atoms with Crippen LogP contribution < -0.4 is 0 Å². The van der Waals surface area contributed by atoms with Crippen LogP contribution in [0.2, 0.25) is 0 Å². The maximum absolute atomic E-state index is 9.56. The van der Waals surface area contributed by atoms with Crippen LogP contribution in [0.4, 0.5) is 0 Å². The molecule has 0 radical (unpaired) electrons. The summed E-state index contributed by atoms with van der Waals surface area (Å²) in [6.45, 7) is 3.73. The Balaban J connectivity index is 2.60. The third-order valence-electron chi connectivity index (χ3n) is 2.45. The van der Waals surface area contributed by atoms with Gasteiger partial charge in [0, 0.05) is 6.42 Å². The molecule has 1 rings (SSSR count). The minimum absolute atomic E-state index is 0.104. The van der Waals surface area contributed by atoms with E-state index in [-0.39, 0.29) is 24.7 Å². The molecule has 0 spiro atoms. The molecule has 1 fully saturated rings. The summed E-state index contributed by atoms with van der Waals surface area (Å²) in [5.41, 5.74) is 0. The number of ether oxygens (including phenoxy) is 1. The molecule has 0 aromatic heterocycles. The summed E-state index contributed by atoms with van der Waals surface area (Å²) in [5, 5.41) is 27.9. The van der Waals surface area contributed by atoms with Crippen LogP contribution in [0.3, 0.4) is 0 Å². The minimum atomic E-state index is -0.831. The maximum atomic E-state index is 9.56. The third-order valence-corrected chi connectivity index (χ3v) is 2.45. The molecule has 78 valence electrons. The van der Waals surface area contributed by atoms with Gasteiger partial charge in [-0.3, -0.25) is 0 Å². The molecule has 1 aliphatic rings. The Morgan fingerprint density at radius 1 is 1.38 bits per heavy atom. The molecule has 1 saturated heterocycles. The summed E-state index contributed by atoms with van der Waals surface area (Å²) in [4.78, 5) is 0. The molecular weight excluding hydrogens is 172 g/mol. The molecule has 1 unspecified atom stereocenters. The number of aliphatic hydroxyl groups is 3. The first-order valence-corrected chi connectivity index (χ1v) is 4.68. The molecule has 0 aliphatic carbocycles. The minimum Gasteiger partial charge on any atom is -0.394 e. The summed E-state index contributed by atoms with van der Waals surface area (Å²) in [6, 6.07) is 0. The maximum Gasteiger partial charge on any atom is 0.106 e. The van der Waals surface area contributed by atoms with Crippen LogP contribution in [0, 0.1) is 5.92 Å². The van der Waals surface area contributed by atoms with E-state index in [1.807, 2.05) is 13.8 Å². The van der Waals surface area contributed by atoms with Gasteiger partial charge in [-0.2, -0.15) is 0 Å². The van der Waals surface area contributed by atoms with E-state index in [0.29, 0.717) is 6.42 Å². The summed E-state index contributed by atoms with van der Waals surface area (Å²) in [6.07, 6.45) is -2.02. The van der Waals surface area contributed by atoms with Gasteiger partial charge in [-0.1, -0.05) is 13.8 Å². The van der Waals surface area contributed by atoms with Crippen molar-refractivity contribution in [3.8, 4) is 0 Å². The van der Waals surface area contributed by atoms with Crippen molar-refractivity contribution in [1.29, 1.82) is 0 Å². The van der Waals surface area contributed by atoms with Crippen molar-refractivity contribution in [2.24, 2.45) is 5.92 Å². The summed E-state index contributed by atoms with van der Waals surface area (Å²) >= 11 is 0. The Morgan fingerprint density at radius 2 is 2.00 bits per heavy atom. The van der Waals surface area contributed by atoms with Crippen molar-refractivity contribution >= 4 is 0 Å². The molecule has 0 saturated carbocycles. The van der Waals surface area contributed by atoms with Crippen LogP contribution in [0.1, 0.15) is 20.3 Å². The fraction of sp³-hybridized carbons (Fsp3) is 1.00. The topological polar surface area (TPSA) is 69.9 Å². The first-order valence-electron chi connectivity index (χ1n) is 4.68. The number of rotatable bonds is 2. The molecule has 4 nitrogen and oxygen atoms in total. The number of hydrogen-bond donors (Lipinski definition) is 3. The van der Waals surface area contributed by atoms with Crippen LogP contribution in [0.25, 0.3) is 0 Å². The standard InChI is InChI=1S/C9H18O4/c1-5(2)9-8(12)7(11)3-6(4-10)13-9/h5-12H,3-4H2,1-2H3/t6?,7-,8-,9-/m0/s1. The number of aliphatic hydroxyl groups excluding tert-OH is 3. The van der Waals surface area contributed by atoms with Gasteiger partial charge >= 0.3 is 0 Å². The Morgan fingerprint density at radius 3 is 2.46 bits per heavy atom. The normalized spacial score (nSPS) is 41.1. The highest BCUT2D eigenvalue weighted by Crippen LogP contribution is 2.24. The van der Waals surface area contributed by atoms with E-state index in [4.69, 9.17) is 9.84 Å². The summed E-state index contributed by atoms with van der Waals surface area (Å²) < 4.78 is 5.42. The SMILES string of the molecule is CC(C)[C@@H]1OC(CO)C[C@H](O)[C@@H]1O. The van der Waals surface area contributed by atoms with Gasteiger partial charge in [-0.05, 0) is 5.92 Å². The van der Waals surface area contributed by atoms with E-state index in [9.17, 15) is 10.2 Å². The van der Waals surface area contributed by atoms with Gasteiger partial charge in [0.25, 0.3) is 0 Å². The second kappa shape index (κ2) is 4.37. The highest BCUT2D eigenvalue weighted by atomic mass is 16.5. The van der Waals surface area contributed by atoms with Crippen molar-refractivity contribution in [3.05, 3.63) is 0 Å². The summed E-state index contributed by atoms with van der Waals surface area (Å²) in [5.74, 6) is 0.138. The highest BCUT2D eigenvalue weighted by Gasteiger charge is 2.37. The Kier molecular flexibility index (Phi) is 3.67. The smallest absolute Gasteiger partial charge is 0.106 e.